The SMILES string of the molecule is CC(C)C(Oc1ccccc1)C(=O)N(Cc1cnn(C)c1)C1CC1. The van der Waals surface area contributed by atoms with Gasteiger partial charge in [-0.25, -0.2) is 0 Å². The second-order valence-corrected chi connectivity index (χ2v) is 6.82. The van der Waals surface area contributed by atoms with E-state index in [9.17, 15) is 4.79 Å². The molecule has 1 unspecified atom stereocenters. The molecule has 0 aliphatic heterocycles. The molecule has 128 valence electrons. The molecule has 0 bridgehead atoms. The average Bonchev–Trinajstić information content (AvgIpc) is 3.33. The van der Waals surface area contributed by atoms with Crippen LogP contribution in [0.1, 0.15) is 32.3 Å². The number of ether oxygens (including phenoxy) is 1. The van der Waals surface area contributed by atoms with E-state index < -0.39 is 6.10 Å². The van der Waals surface area contributed by atoms with E-state index in [-0.39, 0.29) is 11.8 Å². The first-order chi connectivity index (χ1) is 11.5. The molecule has 1 fully saturated rings. The Morgan fingerprint density at radius 2 is 2.04 bits per heavy atom. The van der Waals surface area contributed by atoms with Crippen LogP contribution in [0.5, 0.6) is 5.75 Å². The van der Waals surface area contributed by atoms with Crippen LogP contribution in [0.4, 0.5) is 0 Å². The topological polar surface area (TPSA) is 47.4 Å². The predicted molar refractivity (Wildman–Crippen MR) is 92.5 cm³/mol. The number of carbonyl (C=O) groups is 1. The van der Waals surface area contributed by atoms with Crippen molar-refractivity contribution in [3.8, 4) is 5.75 Å². The molecule has 1 amide bonds. The summed E-state index contributed by atoms with van der Waals surface area (Å²) < 4.78 is 7.80. The van der Waals surface area contributed by atoms with Gasteiger partial charge in [-0.3, -0.25) is 9.48 Å². The van der Waals surface area contributed by atoms with Gasteiger partial charge in [-0.2, -0.15) is 5.10 Å². The minimum absolute atomic E-state index is 0.0696. The zero-order valence-corrected chi connectivity index (χ0v) is 14.6. The number of benzene rings is 1. The zero-order valence-electron chi connectivity index (χ0n) is 14.6. The smallest absolute Gasteiger partial charge is 0.264 e. The predicted octanol–water partition coefficient (Wildman–Crippen LogP) is 3.01. The molecule has 1 aliphatic carbocycles. The van der Waals surface area contributed by atoms with Crippen LogP contribution in [0.15, 0.2) is 42.7 Å². The minimum Gasteiger partial charge on any atom is -0.480 e. The van der Waals surface area contributed by atoms with Gasteiger partial charge in [0.05, 0.1) is 6.20 Å². The summed E-state index contributed by atoms with van der Waals surface area (Å²) in [5.41, 5.74) is 1.06. The van der Waals surface area contributed by atoms with Gasteiger partial charge in [0, 0.05) is 31.4 Å². The highest BCUT2D eigenvalue weighted by atomic mass is 16.5. The number of amides is 1. The number of aryl methyl sites for hydroxylation is 1. The van der Waals surface area contributed by atoms with E-state index >= 15 is 0 Å². The van der Waals surface area contributed by atoms with Crippen molar-refractivity contribution in [2.75, 3.05) is 0 Å². The monoisotopic (exact) mass is 327 g/mol. The number of hydrogen-bond acceptors (Lipinski definition) is 3. The molecule has 1 atom stereocenters. The van der Waals surface area contributed by atoms with Crippen LogP contribution in [-0.2, 0) is 18.4 Å². The van der Waals surface area contributed by atoms with Crippen molar-refractivity contribution in [2.45, 2.75) is 45.4 Å². The average molecular weight is 327 g/mol. The summed E-state index contributed by atoms with van der Waals surface area (Å²) >= 11 is 0. The lowest BCUT2D eigenvalue weighted by Gasteiger charge is -2.29. The standard InChI is InChI=1S/C19H25N3O2/c1-14(2)18(24-17-7-5-4-6-8-17)19(23)22(16-9-10-16)13-15-11-20-21(3)12-15/h4-8,11-12,14,16,18H,9-10,13H2,1-3H3. The van der Waals surface area contributed by atoms with Gasteiger partial charge in [0.1, 0.15) is 5.75 Å². The molecule has 0 spiro atoms. The molecular formula is C19H25N3O2. The first-order valence-electron chi connectivity index (χ1n) is 8.54. The Kier molecular flexibility index (Phi) is 4.88. The van der Waals surface area contributed by atoms with E-state index in [1.165, 1.54) is 0 Å². The summed E-state index contributed by atoms with van der Waals surface area (Å²) in [4.78, 5) is 15.1. The maximum Gasteiger partial charge on any atom is 0.264 e. The van der Waals surface area contributed by atoms with E-state index in [0.717, 1.165) is 24.2 Å². The highest BCUT2D eigenvalue weighted by molar-refractivity contribution is 5.82. The number of nitrogens with zero attached hydrogens (tertiary/aromatic N) is 3. The van der Waals surface area contributed by atoms with Gasteiger partial charge in [-0.05, 0) is 30.9 Å². The zero-order chi connectivity index (χ0) is 17.1. The van der Waals surface area contributed by atoms with Gasteiger partial charge in [0.25, 0.3) is 5.91 Å². The van der Waals surface area contributed by atoms with E-state index in [1.54, 1.807) is 4.68 Å². The fourth-order valence-corrected chi connectivity index (χ4v) is 2.80. The van der Waals surface area contributed by atoms with Crippen LogP contribution in [0.3, 0.4) is 0 Å². The lowest BCUT2D eigenvalue weighted by Crippen LogP contribution is -2.45. The molecule has 1 aromatic carbocycles. The Labute approximate surface area is 143 Å². The van der Waals surface area contributed by atoms with Crippen molar-refractivity contribution < 1.29 is 9.53 Å². The third-order valence-corrected chi connectivity index (χ3v) is 4.24. The fourth-order valence-electron chi connectivity index (χ4n) is 2.80. The van der Waals surface area contributed by atoms with Crippen LogP contribution >= 0.6 is 0 Å². The quantitative estimate of drug-likeness (QED) is 0.785. The largest absolute Gasteiger partial charge is 0.480 e. The Morgan fingerprint density at radius 3 is 2.58 bits per heavy atom. The molecule has 0 radical (unpaired) electrons. The summed E-state index contributed by atoms with van der Waals surface area (Å²) in [7, 11) is 1.89. The number of aromatic nitrogens is 2. The normalized spacial score (nSPS) is 15.3. The third-order valence-electron chi connectivity index (χ3n) is 4.24. The lowest BCUT2D eigenvalue weighted by atomic mass is 10.1. The van der Waals surface area contributed by atoms with Crippen molar-refractivity contribution in [3.63, 3.8) is 0 Å². The minimum atomic E-state index is -0.468. The van der Waals surface area contributed by atoms with Crippen LogP contribution in [0.25, 0.3) is 0 Å². The molecule has 24 heavy (non-hydrogen) atoms. The molecule has 5 heteroatoms. The highest BCUT2D eigenvalue weighted by Gasteiger charge is 2.38. The molecule has 1 saturated carbocycles. The summed E-state index contributed by atoms with van der Waals surface area (Å²) in [6.45, 7) is 4.65. The summed E-state index contributed by atoms with van der Waals surface area (Å²) in [6.07, 6.45) is 5.46. The van der Waals surface area contributed by atoms with E-state index in [2.05, 4.69) is 5.10 Å². The van der Waals surface area contributed by atoms with Crippen LogP contribution in [-0.4, -0.2) is 32.7 Å². The Morgan fingerprint density at radius 1 is 1.33 bits per heavy atom. The number of rotatable bonds is 7. The van der Waals surface area contributed by atoms with Crippen LogP contribution in [0.2, 0.25) is 0 Å². The van der Waals surface area contributed by atoms with Crippen LogP contribution in [0, 0.1) is 5.92 Å². The summed E-state index contributed by atoms with van der Waals surface area (Å²) in [5.74, 6) is 0.912. The van der Waals surface area contributed by atoms with E-state index in [4.69, 9.17) is 4.74 Å². The van der Waals surface area contributed by atoms with E-state index in [0.29, 0.717) is 12.6 Å². The van der Waals surface area contributed by atoms with Crippen molar-refractivity contribution in [2.24, 2.45) is 13.0 Å². The van der Waals surface area contributed by atoms with Gasteiger partial charge in [-0.1, -0.05) is 32.0 Å². The number of carbonyl (C=O) groups excluding carboxylic acids is 1. The van der Waals surface area contributed by atoms with Gasteiger partial charge in [-0.15, -0.1) is 0 Å². The lowest BCUT2D eigenvalue weighted by molar-refractivity contribution is -0.142. The van der Waals surface area contributed by atoms with Gasteiger partial charge >= 0.3 is 0 Å². The number of hydrogen-bond donors (Lipinski definition) is 0. The Balaban J connectivity index is 1.76. The molecule has 0 saturated heterocycles. The molecule has 2 aromatic rings. The summed E-state index contributed by atoms with van der Waals surface area (Å²) in [5, 5.41) is 4.20. The van der Waals surface area contributed by atoms with Gasteiger partial charge in [0.15, 0.2) is 6.10 Å². The Bertz CT molecular complexity index is 677. The van der Waals surface area contributed by atoms with E-state index in [1.807, 2.05) is 68.5 Å². The first kappa shape index (κ1) is 16.6. The molecule has 5 nitrogen and oxygen atoms in total. The molecule has 0 N–H and O–H groups in total. The number of para-hydroxylation sites is 1. The highest BCUT2D eigenvalue weighted by Crippen LogP contribution is 2.30. The molecule has 3 rings (SSSR count). The maximum atomic E-state index is 13.2. The molecule has 1 aromatic heterocycles. The maximum absolute atomic E-state index is 13.2. The molecular weight excluding hydrogens is 302 g/mol. The molecule has 1 heterocycles. The summed E-state index contributed by atoms with van der Waals surface area (Å²) in [6, 6.07) is 9.91. The second-order valence-electron chi connectivity index (χ2n) is 6.82. The van der Waals surface area contributed by atoms with Crippen molar-refractivity contribution in [3.05, 3.63) is 48.3 Å². The van der Waals surface area contributed by atoms with Crippen molar-refractivity contribution in [1.29, 1.82) is 0 Å². The van der Waals surface area contributed by atoms with Crippen LogP contribution < -0.4 is 4.74 Å². The Hall–Kier alpha value is -2.30. The third kappa shape index (κ3) is 3.96. The van der Waals surface area contributed by atoms with Gasteiger partial charge < -0.3 is 9.64 Å². The van der Waals surface area contributed by atoms with Crippen molar-refractivity contribution in [1.82, 2.24) is 14.7 Å². The van der Waals surface area contributed by atoms with Crippen molar-refractivity contribution >= 4 is 5.91 Å². The molecule has 1 aliphatic rings. The second kappa shape index (κ2) is 7.07. The fraction of sp³-hybridized carbons (Fsp3) is 0.474. The first-order valence-corrected chi connectivity index (χ1v) is 8.54. The van der Waals surface area contributed by atoms with Gasteiger partial charge in [0.2, 0.25) is 0 Å².